The largest absolute Gasteiger partial charge is 0.394 e. The highest BCUT2D eigenvalue weighted by Gasteiger charge is 2.14. The Kier molecular flexibility index (Phi) is 3.59. The fraction of sp³-hybridized carbons (Fsp3) is 0.182. The van der Waals surface area contributed by atoms with E-state index >= 15 is 0 Å². The van der Waals surface area contributed by atoms with Gasteiger partial charge in [0.05, 0.1) is 23.9 Å². The van der Waals surface area contributed by atoms with Crippen molar-refractivity contribution in [2.24, 2.45) is 5.73 Å². The van der Waals surface area contributed by atoms with Crippen LogP contribution in [-0.4, -0.2) is 32.4 Å². The number of carbonyl (C=O) groups excluding carboxylic acids is 1. The van der Waals surface area contributed by atoms with E-state index in [9.17, 15) is 4.79 Å². The lowest BCUT2D eigenvalue weighted by atomic mass is 10.2. The number of hydrogen-bond donors (Lipinski definition) is 2. The van der Waals surface area contributed by atoms with E-state index in [1.54, 1.807) is 12.1 Å². The van der Waals surface area contributed by atoms with Gasteiger partial charge in [-0.25, -0.2) is 0 Å². The standard InChI is InChI=1S/C11H11ClN4O2/c12-7-1-2-8(14-6-7)9-5-10(11(13)18)16(15-9)3-4-17/h1-2,5-6,17H,3-4H2,(H2,13,18). The molecule has 0 saturated carbocycles. The van der Waals surface area contributed by atoms with E-state index in [-0.39, 0.29) is 18.8 Å². The minimum absolute atomic E-state index is 0.130. The number of hydrogen-bond acceptors (Lipinski definition) is 4. The summed E-state index contributed by atoms with van der Waals surface area (Å²) in [6.45, 7) is 0.0707. The van der Waals surface area contributed by atoms with Gasteiger partial charge in [-0.2, -0.15) is 5.10 Å². The summed E-state index contributed by atoms with van der Waals surface area (Å²) < 4.78 is 1.36. The maximum atomic E-state index is 11.2. The molecular formula is C11H11ClN4O2. The molecule has 0 fully saturated rings. The second-order valence-corrected chi connectivity index (χ2v) is 4.02. The molecule has 3 N–H and O–H groups in total. The van der Waals surface area contributed by atoms with Crippen LogP contribution in [0.1, 0.15) is 10.5 Å². The minimum Gasteiger partial charge on any atom is -0.394 e. The van der Waals surface area contributed by atoms with Crippen molar-refractivity contribution in [2.45, 2.75) is 6.54 Å². The first-order valence-corrected chi connectivity index (χ1v) is 5.60. The lowest BCUT2D eigenvalue weighted by Gasteiger charge is -2.00. The van der Waals surface area contributed by atoms with Crippen molar-refractivity contribution >= 4 is 17.5 Å². The highest BCUT2D eigenvalue weighted by molar-refractivity contribution is 6.30. The van der Waals surface area contributed by atoms with Crippen LogP contribution in [0.15, 0.2) is 24.4 Å². The van der Waals surface area contributed by atoms with E-state index in [0.717, 1.165) is 0 Å². The molecular weight excluding hydrogens is 256 g/mol. The minimum atomic E-state index is -0.601. The number of nitrogens with two attached hydrogens (primary N) is 1. The predicted octanol–water partition coefficient (Wildman–Crippen LogP) is 0.690. The first-order valence-electron chi connectivity index (χ1n) is 5.22. The number of carbonyl (C=O) groups is 1. The van der Waals surface area contributed by atoms with E-state index in [4.69, 9.17) is 22.4 Å². The highest BCUT2D eigenvalue weighted by atomic mass is 35.5. The van der Waals surface area contributed by atoms with Gasteiger partial charge in [0, 0.05) is 6.20 Å². The molecule has 2 rings (SSSR count). The molecule has 0 radical (unpaired) electrons. The van der Waals surface area contributed by atoms with Gasteiger partial charge in [-0.3, -0.25) is 14.5 Å². The summed E-state index contributed by atoms with van der Waals surface area (Å²) in [6, 6.07) is 4.91. The zero-order chi connectivity index (χ0) is 13.1. The Bertz CT molecular complexity index is 565. The van der Waals surface area contributed by atoms with Crippen molar-refractivity contribution in [3.63, 3.8) is 0 Å². The van der Waals surface area contributed by atoms with Crippen LogP contribution >= 0.6 is 11.6 Å². The topological polar surface area (TPSA) is 94.0 Å². The molecule has 2 heterocycles. The van der Waals surface area contributed by atoms with Gasteiger partial charge in [0.1, 0.15) is 11.4 Å². The SMILES string of the molecule is NC(=O)c1cc(-c2ccc(Cl)cn2)nn1CCO. The number of pyridine rings is 1. The summed E-state index contributed by atoms with van der Waals surface area (Å²) in [5.74, 6) is -0.601. The maximum Gasteiger partial charge on any atom is 0.266 e. The number of primary amides is 1. The van der Waals surface area contributed by atoms with E-state index in [1.807, 2.05) is 0 Å². The molecule has 0 unspecified atom stereocenters. The molecule has 0 aliphatic rings. The molecule has 0 saturated heterocycles. The number of rotatable bonds is 4. The van der Waals surface area contributed by atoms with Crippen LogP contribution in [0.5, 0.6) is 0 Å². The van der Waals surface area contributed by atoms with Gasteiger partial charge in [0.2, 0.25) is 0 Å². The number of nitrogens with zero attached hydrogens (tertiary/aromatic N) is 3. The molecule has 6 nitrogen and oxygen atoms in total. The average molecular weight is 267 g/mol. The molecule has 7 heteroatoms. The molecule has 2 aromatic rings. The Morgan fingerprint density at radius 1 is 1.44 bits per heavy atom. The Morgan fingerprint density at radius 2 is 2.22 bits per heavy atom. The third kappa shape index (κ3) is 2.49. The maximum absolute atomic E-state index is 11.2. The highest BCUT2D eigenvalue weighted by Crippen LogP contribution is 2.18. The number of amides is 1. The summed E-state index contributed by atoms with van der Waals surface area (Å²) >= 11 is 5.74. The van der Waals surface area contributed by atoms with E-state index in [2.05, 4.69) is 10.1 Å². The van der Waals surface area contributed by atoms with Gasteiger partial charge in [0.15, 0.2) is 0 Å². The van der Waals surface area contributed by atoms with Gasteiger partial charge < -0.3 is 10.8 Å². The van der Waals surface area contributed by atoms with Crippen LogP contribution in [0.25, 0.3) is 11.4 Å². The smallest absolute Gasteiger partial charge is 0.266 e. The van der Waals surface area contributed by atoms with Gasteiger partial charge in [-0.1, -0.05) is 11.6 Å². The van der Waals surface area contributed by atoms with Crippen molar-refractivity contribution in [3.8, 4) is 11.4 Å². The van der Waals surface area contributed by atoms with E-state index < -0.39 is 5.91 Å². The Balaban J connectivity index is 2.42. The Morgan fingerprint density at radius 3 is 2.78 bits per heavy atom. The molecule has 0 aliphatic carbocycles. The van der Waals surface area contributed by atoms with E-state index in [1.165, 1.54) is 16.9 Å². The van der Waals surface area contributed by atoms with Gasteiger partial charge in [-0.15, -0.1) is 0 Å². The van der Waals surface area contributed by atoms with Crippen LogP contribution in [0.4, 0.5) is 0 Å². The van der Waals surface area contributed by atoms with Crippen molar-refractivity contribution in [1.82, 2.24) is 14.8 Å². The molecule has 18 heavy (non-hydrogen) atoms. The second kappa shape index (κ2) is 5.16. The fourth-order valence-electron chi connectivity index (χ4n) is 1.53. The zero-order valence-electron chi connectivity index (χ0n) is 9.38. The van der Waals surface area contributed by atoms with Crippen LogP contribution in [-0.2, 0) is 6.54 Å². The third-order valence-corrected chi connectivity index (χ3v) is 2.56. The second-order valence-electron chi connectivity index (χ2n) is 3.59. The van der Waals surface area contributed by atoms with Crippen molar-refractivity contribution in [2.75, 3.05) is 6.61 Å². The summed E-state index contributed by atoms with van der Waals surface area (Å²) in [7, 11) is 0. The Labute approximate surface area is 108 Å². The summed E-state index contributed by atoms with van der Waals surface area (Å²) in [5.41, 5.74) is 6.56. The molecule has 0 atom stereocenters. The Hall–Kier alpha value is -1.92. The van der Waals surface area contributed by atoms with Crippen LogP contribution in [0.2, 0.25) is 5.02 Å². The zero-order valence-corrected chi connectivity index (χ0v) is 10.1. The molecule has 0 spiro atoms. The number of aliphatic hydroxyl groups is 1. The predicted molar refractivity (Wildman–Crippen MR) is 66.1 cm³/mol. The monoisotopic (exact) mass is 266 g/mol. The van der Waals surface area contributed by atoms with Crippen molar-refractivity contribution in [1.29, 1.82) is 0 Å². The van der Waals surface area contributed by atoms with Crippen LogP contribution in [0, 0.1) is 0 Å². The van der Waals surface area contributed by atoms with Gasteiger partial charge in [0.25, 0.3) is 5.91 Å². The van der Waals surface area contributed by atoms with Crippen LogP contribution in [0.3, 0.4) is 0 Å². The van der Waals surface area contributed by atoms with Gasteiger partial charge in [-0.05, 0) is 18.2 Å². The first-order chi connectivity index (χ1) is 8.61. The van der Waals surface area contributed by atoms with Crippen molar-refractivity contribution in [3.05, 3.63) is 35.1 Å². The number of aliphatic hydroxyl groups excluding tert-OH is 1. The molecule has 0 bridgehead atoms. The summed E-state index contributed by atoms with van der Waals surface area (Å²) in [5, 5.41) is 13.6. The molecule has 94 valence electrons. The average Bonchev–Trinajstić information content (AvgIpc) is 2.75. The quantitative estimate of drug-likeness (QED) is 0.851. The molecule has 0 aliphatic heterocycles. The lowest BCUT2D eigenvalue weighted by molar-refractivity contribution is 0.0988. The third-order valence-electron chi connectivity index (χ3n) is 2.33. The summed E-state index contributed by atoms with van der Waals surface area (Å²) in [4.78, 5) is 15.3. The lowest BCUT2D eigenvalue weighted by Crippen LogP contribution is -2.18. The fourth-order valence-corrected chi connectivity index (χ4v) is 1.64. The van der Waals surface area contributed by atoms with Crippen molar-refractivity contribution < 1.29 is 9.90 Å². The number of halogens is 1. The normalized spacial score (nSPS) is 10.6. The summed E-state index contributed by atoms with van der Waals surface area (Å²) in [6.07, 6.45) is 1.49. The molecule has 1 amide bonds. The van der Waals surface area contributed by atoms with Crippen LogP contribution < -0.4 is 5.73 Å². The molecule has 0 aromatic carbocycles. The number of aromatic nitrogens is 3. The van der Waals surface area contributed by atoms with Gasteiger partial charge >= 0.3 is 0 Å². The molecule has 2 aromatic heterocycles. The first kappa shape index (κ1) is 12.5. The van der Waals surface area contributed by atoms with E-state index in [0.29, 0.717) is 16.4 Å².